The smallest absolute Gasteiger partial charge is 0.317 e. The quantitative estimate of drug-likeness (QED) is 0.816. The Morgan fingerprint density at radius 2 is 2.17 bits per heavy atom. The van der Waals surface area contributed by atoms with E-state index in [1.54, 1.807) is 0 Å². The molecule has 0 aliphatic heterocycles. The lowest BCUT2D eigenvalue weighted by atomic mass is 10.2. The van der Waals surface area contributed by atoms with Gasteiger partial charge in [0.2, 0.25) is 0 Å². The molecule has 0 aromatic heterocycles. The molecule has 0 aromatic rings. The molecule has 0 unspecified atom stereocenters. The van der Waals surface area contributed by atoms with Gasteiger partial charge in [-0.3, -0.25) is 0 Å². The molecule has 1 rings (SSSR count). The van der Waals surface area contributed by atoms with E-state index in [9.17, 15) is 4.79 Å². The Kier molecular flexibility index (Phi) is 7.30. The number of nitrogens with zero attached hydrogens (tertiary/aromatic N) is 1. The van der Waals surface area contributed by atoms with Crippen LogP contribution in [0.4, 0.5) is 4.79 Å². The van der Waals surface area contributed by atoms with Crippen LogP contribution in [0.2, 0.25) is 0 Å². The Hall–Kier alpha value is -0.0300. The molecule has 1 aliphatic carbocycles. The molecule has 0 radical (unpaired) electrons. The topological polar surface area (TPSA) is 32.3 Å². The maximum atomic E-state index is 12.1. The monoisotopic (exact) mass is 290 g/mol. The van der Waals surface area contributed by atoms with E-state index in [2.05, 4.69) is 24.8 Å². The number of rotatable bonds is 6. The van der Waals surface area contributed by atoms with Gasteiger partial charge in [0, 0.05) is 24.4 Å². The summed E-state index contributed by atoms with van der Waals surface area (Å²) in [7, 11) is 1.93. The highest BCUT2D eigenvalue weighted by atomic mass is 32.2. The third-order valence-electron chi connectivity index (χ3n) is 3.68. The van der Waals surface area contributed by atoms with E-state index in [-0.39, 0.29) is 12.1 Å². The minimum Gasteiger partial charge on any atom is -0.336 e. The van der Waals surface area contributed by atoms with Crippen LogP contribution in [0.5, 0.6) is 0 Å². The van der Waals surface area contributed by atoms with Crippen LogP contribution in [0, 0.1) is 0 Å². The molecular formula is C13H26N2OS2. The Balaban J connectivity index is 2.32. The number of amides is 2. The first kappa shape index (κ1) is 16.0. The average molecular weight is 290 g/mol. The number of carbonyl (C=O) groups is 1. The summed E-state index contributed by atoms with van der Waals surface area (Å²) in [6, 6.07) is 0.788. The van der Waals surface area contributed by atoms with Gasteiger partial charge in [-0.25, -0.2) is 4.79 Å². The van der Waals surface area contributed by atoms with E-state index in [4.69, 9.17) is 0 Å². The summed E-state index contributed by atoms with van der Waals surface area (Å²) in [5.41, 5.74) is 0. The molecule has 0 spiro atoms. The van der Waals surface area contributed by atoms with Crippen LogP contribution in [-0.4, -0.2) is 53.6 Å². The van der Waals surface area contributed by atoms with Crippen molar-refractivity contribution in [3.8, 4) is 0 Å². The molecule has 1 N–H and O–H groups in total. The van der Waals surface area contributed by atoms with Crippen molar-refractivity contribution in [2.75, 3.05) is 25.3 Å². The van der Waals surface area contributed by atoms with E-state index in [0.717, 1.165) is 30.3 Å². The summed E-state index contributed by atoms with van der Waals surface area (Å²) in [4.78, 5) is 14.0. The summed E-state index contributed by atoms with van der Waals surface area (Å²) in [5.74, 6) is 1.10. The molecule has 0 heterocycles. The molecule has 0 bridgehead atoms. The van der Waals surface area contributed by atoms with Gasteiger partial charge in [-0.2, -0.15) is 23.5 Å². The fraction of sp³-hybridized carbons (Fsp3) is 0.923. The van der Waals surface area contributed by atoms with Crippen LogP contribution in [0.1, 0.15) is 32.6 Å². The van der Waals surface area contributed by atoms with Crippen LogP contribution in [0.25, 0.3) is 0 Å². The number of hydrogen-bond acceptors (Lipinski definition) is 3. The second kappa shape index (κ2) is 8.20. The number of nitrogens with one attached hydrogen (secondary N) is 1. The van der Waals surface area contributed by atoms with Crippen molar-refractivity contribution in [3.63, 3.8) is 0 Å². The normalized spacial score (nSPS) is 24.9. The van der Waals surface area contributed by atoms with Gasteiger partial charge in [-0.15, -0.1) is 0 Å². The fourth-order valence-corrected chi connectivity index (χ4v) is 3.70. The predicted octanol–water partition coefficient (Wildman–Crippen LogP) is 3.05. The number of thioether (sulfide) groups is 2. The van der Waals surface area contributed by atoms with Gasteiger partial charge in [0.05, 0.1) is 0 Å². The Bertz CT molecular complexity index is 263. The molecule has 106 valence electrons. The first-order valence-electron chi connectivity index (χ1n) is 6.63. The summed E-state index contributed by atoms with van der Waals surface area (Å²) in [6.07, 6.45) is 8.84. The largest absolute Gasteiger partial charge is 0.336 e. The minimum absolute atomic E-state index is 0.0929. The van der Waals surface area contributed by atoms with Gasteiger partial charge in [0.1, 0.15) is 0 Å². The molecule has 5 heteroatoms. The van der Waals surface area contributed by atoms with E-state index in [0.29, 0.717) is 6.04 Å². The van der Waals surface area contributed by atoms with Crippen molar-refractivity contribution >= 4 is 29.6 Å². The summed E-state index contributed by atoms with van der Waals surface area (Å²) >= 11 is 3.76. The minimum atomic E-state index is 0.0929. The lowest BCUT2D eigenvalue weighted by Gasteiger charge is -2.26. The van der Waals surface area contributed by atoms with Crippen LogP contribution in [0.3, 0.4) is 0 Å². The van der Waals surface area contributed by atoms with Crippen molar-refractivity contribution in [2.24, 2.45) is 0 Å². The number of urea groups is 1. The molecule has 3 nitrogen and oxygen atoms in total. The lowest BCUT2D eigenvalue weighted by molar-refractivity contribution is 0.187. The Morgan fingerprint density at radius 1 is 1.44 bits per heavy atom. The van der Waals surface area contributed by atoms with Crippen LogP contribution < -0.4 is 5.32 Å². The summed E-state index contributed by atoms with van der Waals surface area (Å²) in [5, 5.41) is 3.83. The molecule has 3 atom stereocenters. The van der Waals surface area contributed by atoms with Gasteiger partial charge < -0.3 is 10.2 Å². The van der Waals surface area contributed by atoms with E-state index in [1.807, 2.05) is 35.5 Å². The van der Waals surface area contributed by atoms with Gasteiger partial charge >= 0.3 is 6.03 Å². The summed E-state index contributed by atoms with van der Waals surface area (Å²) in [6.45, 7) is 2.08. The molecule has 1 aliphatic rings. The molecular weight excluding hydrogens is 264 g/mol. The zero-order chi connectivity index (χ0) is 13.5. The lowest BCUT2D eigenvalue weighted by Crippen LogP contribution is -2.46. The first-order chi connectivity index (χ1) is 8.58. The maximum absolute atomic E-state index is 12.1. The highest BCUT2D eigenvalue weighted by molar-refractivity contribution is 7.99. The zero-order valence-electron chi connectivity index (χ0n) is 11.9. The number of carbonyl (C=O) groups excluding carboxylic acids is 1. The second-order valence-corrected chi connectivity index (χ2v) is 7.19. The molecule has 0 saturated heterocycles. The molecule has 18 heavy (non-hydrogen) atoms. The highest BCUT2D eigenvalue weighted by Crippen LogP contribution is 2.30. The van der Waals surface area contributed by atoms with Crippen molar-refractivity contribution < 1.29 is 4.79 Å². The molecule has 0 aromatic carbocycles. The second-order valence-electron chi connectivity index (χ2n) is 5.07. The van der Waals surface area contributed by atoms with Crippen molar-refractivity contribution in [2.45, 2.75) is 49.9 Å². The van der Waals surface area contributed by atoms with Gasteiger partial charge in [0.25, 0.3) is 0 Å². The van der Waals surface area contributed by atoms with Gasteiger partial charge in [-0.1, -0.05) is 0 Å². The molecule has 2 amide bonds. The predicted molar refractivity (Wildman–Crippen MR) is 83.7 cm³/mol. The van der Waals surface area contributed by atoms with Crippen molar-refractivity contribution in [1.29, 1.82) is 0 Å². The SMILES string of the molecule is CSCC[C@H](C)NC(=O)N(C)[C@@H]1CC[C@H](SC)C1. The Labute approximate surface area is 120 Å². The number of hydrogen-bond donors (Lipinski definition) is 1. The van der Waals surface area contributed by atoms with Gasteiger partial charge in [-0.05, 0) is 50.9 Å². The first-order valence-corrected chi connectivity index (χ1v) is 9.31. The van der Waals surface area contributed by atoms with Crippen LogP contribution in [-0.2, 0) is 0 Å². The van der Waals surface area contributed by atoms with E-state index < -0.39 is 0 Å². The highest BCUT2D eigenvalue weighted by Gasteiger charge is 2.29. The van der Waals surface area contributed by atoms with Crippen molar-refractivity contribution in [3.05, 3.63) is 0 Å². The standard InChI is InChI=1S/C13H26N2OS2/c1-10(7-8-17-3)14-13(16)15(2)11-5-6-12(9-11)18-4/h10-12H,5-9H2,1-4H3,(H,14,16)/t10-,11+,12-/m0/s1. The zero-order valence-corrected chi connectivity index (χ0v) is 13.6. The average Bonchev–Trinajstić information content (AvgIpc) is 2.83. The van der Waals surface area contributed by atoms with E-state index >= 15 is 0 Å². The van der Waals surface area contributed by atoms with Gasteiger partial charge in [0.15, 0.2) is 0 Å². The third-order valence-corrected chi connectivity index (χ3v) is 5.42. The maximum Gasteiger partial charge on any atom is 0.317 e. The summed E-state index contributed by atoms with van der Waals surface area (Å²) < 4.78 is 0. The van der Waals surface area contributed by atoms with Crippen LogP contribution >= 0.6 is 23.5 Å². The molecule has 1 saturated carbocycles. The molecule has 1 fully saturated rings. The van der Waals surface area contributed by atoms with Crippen LogP contribution in [0.15, 0.2) is 0 Å². The third kappa shape index (κ3) is 4.92. The van der Waals surface area contributed by atoms with Crippen molar-refractivity contribution in [1.82, 2.24) is 10.2 Å². The van der Waals surface area contributed by atoms with E-state index in [1.165, 1.54) is 6.42 Å². The fourth-order valence-electron chi connectivity index (χ4n) is 2.33. The Morgan fingerprint density at radius 3 is 2.72 bits per heavy atom.